The van der Waals surface area contributed by atoms with E-state index in [2.05, 4.69) is 16.4 Å². The first-order valence-electron chi connectivity index (χ1n) is 11.9. The van der Waals surface area contributed by atoms with E-state index in [0.717, 1.165) is 33.3 Å². The first kappa shape index (κ1) is 23.1. The molecule has 0 saturated carbocycles. The normalized spacial score (nSPS) is 10.9. The zero-order chi connectivity index (χ0) is 24.9. The SMILES string of the molecule is CN(CC(=O)NC(c1ccccc1)c1ccccc1)C(=O)c1ccc2cc(-c3ccccc3)[nH]c2c1. The van der Waals surface area contributed by atoms with Crippen LogP contribution in [0.1, 0.15) is 27.5 Å². The van der Waals surface area contributed by atoms with Gasteiger partial charge in [-0.1, -0.05) is 97.1 Å². The average Bonchev–Trinajstić information content (AvgIpc) is 3.36. The molecule has 0 aliphatic carbocycles. The van der Waals surface area contributed by atoms with E-state index < -0.39 is 0 Å². The predicted molar refractivity (Wildman–Crippen MR) is 144 cm³/mol. The van der Waals surface area contributed by atoms with Crippen molar-refractivity contribution in [2.24, 2.45) is 0 Å². The molecule has 2 N–H and O–H groups in total. The molecule has 0 atom stereocenters. The van der Waals surface area contributed by atoms with Crippen molar-refractivity contribution in [3.8, 4) is 11.3 Å². The van der Waals surface area contributed by atoms with Crippen molar-refractivity contribution in [1.82, 2.24) is 15.2 Å². The van der Waals surface area contributed by atoms with Crippen LogP contribution < -0.4 is 5.32 Å². The van der Waals surface area contributed by atoms with E-state index in [4.69, 9.17) is 0 Å². The van der Waals surface area contributed by atoms with Crippen molar-refractivity contribution in [2.75, 3.05) is 13.6 Å². The number of H-pyrrole nitrogens is 1. The van der Waals surface area contributed by atoms with Crippen LogP contribution in [0.2, 0.25) is 0 Å². The highest BCUT2D eigenvalue weighted by Gasteiger charge is 2.20. The van der Waals surface area contributed by atoms with Gasteiger partial charge in [0.05, 0.1) is 12.6 Å². The van der Waals surface area contributed by atoms with Gasteiger partial charge in [0.2, 0.25) is 5.91 Å². The molecule has 0 bridgehead atoms. The van der Waals surface area contributed by atoms with Gasteiger partial charge in [0.1, 0.15) is 0 Å². The van der Waals surface area contributed by atoms with Gasteiger partial charge in [-0.05, 0) is 34.9 Å². The van der Waals surface area contributed by atoms with Crippen molar-refractivity contribution in [3.05, 3.63) is 132 Å². The fraction of sp³-hybridized carbons (Fsp3) is 0.0968. The molecule has 4 aromatic carbocycles. The van der Waals surface area contributed by atoms with Crippen molar-refractivity contribution in [2.45, 2.75) is 6.04 Å². The highest BCUT2D eigenvalue weighted by molar-refractivity contribution is 6.00. The second-order valence-corrected chi connectivity index (χ2v) is 8.83. The lowest BCUT2D eigenvalue weighted by molar-refractivity contribution is -0.122. The Morgan fingerprint density at radius 2 is 1.36 bits per heavy atom. The number of nitrogens with one attached hydrogen (secondary N) is 2. The van der Waals surface area contributed by atoms with Crippen molar-refractivity contribution >= 4 is 22.7 Å². The zero-order valence-corrected chi connectivity index (χ0v) is 20.0. The van der Waals surface area contributed by atoms with Crippen LogP contribution in [-0.4, -0.2) is 35.3 Å². The van der Waals surface area contributed by atoms with Crippen LogP contribution >= 0.6 is 0 Å². The maximum atomic E-state index is 13.2. The Balaban J connectivity index is 1.30. The van der Waals surface area contributed by atoms with Gasteiger partial charge in [-0.3, -0.25) is 9.59 Å². The lowest BCUT2D eigenvalue weighted by Crippen LogP contribution is -2.40. The number of benzene rings is 4. The molecular formula is C31H27N3O2. The van der Waals surface area contributed by atoms with E-state index >= 15 is 0 Å². The summed E-state index contributed by atoms with van der Waals surface area (Å²) >= 11 is 0. The van der Waals surface area contributed by atoms with Gasteiger partial charge in [-0.2, -0.15) is 0 Å². The van der Waals surface area contributed by atoms with Gasteiger partial charge in [-0.25, -0.2) is 0 Å². The third kappa shape index (κ3) is 5.05. The smallest absolute Gasteiger partial charge is 0.254 e. The Morgan fingerprint density at radius 3 is 1.97 bits per heavy atom. The summed E-state index contributed by atoms with van der Waals surface area (Å²) in [4.78, 5) is 31.0. The molecule has 2 amide bonds. The molecule has 178 valence electrons. The average molecular weight is 474 g/mol. The van der Waals surface area contributed by atoms with Crippen molar-refractivity contribution in [1.29, 1.82) is 0 Å². The summed E-state index contributed by atoms with van der Waals surface area (Å²) in [6.07, 6.45) is 0. The number of hydrogen-bond acceptors (Lipinski definition) is 2. The maximum absolute atomic E-state index is 13.2. The van der Waals surface area contributed by atoms with E-state index in [-0.39, 0.29) is 24.4 Å². The van der Waals surface area contributed by atoms with Gasteiger partial charge < -0.3 is 15.2 Å². The van der Waals surface area contributed by atoms with Gasteiger partial charge >= 0.3 is 0 Å². The Hall–Kier alpha value is -4.64. The monoisotopic (exact) mass is 473 g/mol. The third-order valence-corrected chi connectivity index (χ3v) is 6.25. The number of nitrogens with zero attached hydrogens (tertiary/aromatic N) is 1. The first-order chi connectivity index (χ1) is 17.6. The Morgan fingerprint density at radius 1 is 0.778 bits per heavy atom. The van der Waals surface area contributed by atoms with E-state index in [9.17, 15) is 9.59 Å². The molecule has 0 saturated heterocycles. The van der Waals surface area contributed by atoms with Gasteiger partial charge in [0, 0.05) is 29.2 Å². The largest absolute Gasteiger partial charge is 0.355 e. The highest BCUT2D eigenvalue weighted by Crippen LogP contribution is 2.25. The van der Waals surface area contributed by atoms with Crippen LogP contribution in [-0.2, 0) is 4.79 Å². The maximum Gasteiger partial charge on any atom is 0.254 e. The number of aromatic nitrogens is 1. The molecule has 0 aliphatic rings. The zero-order valence-electron chi connectivity index (χ0n) is 20.0. The Labute approximate surface area is 210 Å². The van der Waals surface area contributed by atoms with Crippen LogP contribution in [0.3, 0.4) is 0 Å². The summed E-state index contributed by atoms with van der Waals surface area (Å²) < 4.78 is 0. The molecule has 0 fully saturated rings. The Bertz CT molecular complexity index is 1440. The molecule has 0 aliphatic heterocycles. The van der Waals surface area contributed by atoms with Gasteiger partial charge in [0.25, 0.3) is 5.91 Å². The summed E-state index contributed by atoms with van der Waals surface area (Å²) in [5.41, 5.74) is 5.46. The van der Waals surface area contributed by atoms with Crippen molar-refractivity contribution in [3.63, 3.8) is 0 Å². The fourth-order valence-electron chi connectivity index (χ4n) is 4.40. The number of aromatic amines is 1. The topological polar surface area (TPSA) is 65.2 Å². The minimum Gasteiger partial charge on any atom is -0.355 e. The molecule has 36 heavy (non-hydrogen) atoms. The summed E-state index contributed by atoms with van der Waals surface area (Å²) in [6.45, 7) is -0.0486. The number of likely N-dealkylation sites (N-methyl/N-ethyl adjacent to an activating group) is 1. The van der Waals surface area contributed by atoms with Crippen LogP contribution in [0.15, 0.2) is 115 Å². The van der Waals surface area contributed by atoms with Gasteiger partial charge in [-0.15, -0.1) is 0 Å². The molecular weight excluding hydrogens is 446 g/mol. The van der Waals surface area contributed by atoms with Crippen LogP contribution in [0.4, 0.5) is 0 Å². The molecule has 1 heterocycles. The highest BCUT2D eigenvalue weighted by atomic mass is 16.2. The lowest BCUT2D eigenvalue weighted by atomic mass is 9.99. The third-order valence-electron chi connectivity index (χ3n) is 6.25. The molecule has 5 nitrogen and oxygen atoms in total. The summed E-state index contributed by atoms with van der Waals surface area (Å²) in [7, 11) is 1.65. The van der Waals surface area contributed by atoms with E-state index in [1.54, 1.807) is 13.1 Å². The summed E-state index contributed by atoms with van der Waals surface area (Å²) in [5, 5.41) is 4.13. The number of carbonyl (C=O) groups is 2. The minimum atomic E-state index is -0.296. The van der Waals surface area contributed by atoms with Gasteiger partial charge in [0.15, 0.2) is 0 Å². The first-order valence-corrected chi connectivity index (χ1v) is 11.9. The minimum absolute atomic E-state index is 0.0486. The number of rotatable bonds is 7. The second kappa shape index (κ2) is 10.3. The molecule has 0 unspecified atom stereocenters. The number of amides is 2. The molecule has 0 spiro atoms. The van der Waals surface area contributed by atoms with E-state index in [0.29, 0.717) is 5.56 Å². The molecule has 5 aromatic rings. The van der Waals surface area contributed by atoms with Crippen LogP contribution in [0.5, 0.6) is 0 Å². The molecule has 1 aromatic heterocycles. The number of carbonyl (C=O) groups excluding carboxylic acids is 2. The summed E-state index contributed by atoms with van der Waals surface area (Å²) in [5.74, 6) is -0.435. The number of hydrogen-bond donors (Lipinski definition) is 2. The quantitative estimate of drug-likeness (QED) is 0.313. The Kier molecular flexibility index (Phi) is 6.63. The standard InChI is InChI=1S/C31H27N3O2/c1-34(21-29(35)33-30(23-13-7-3-8-14-23)24-15-9-4-10-16-24)31(36)26-18-17-25-19-27(32-28(25)20-26)22-11-5-2-6-12-22/h2-20,30,32H,21H2,1H3,(H,33,35). The van der Waals surface area contributed by atoms with Crippen molar-refractivity contribution < 1.29 is 9.59 Å². The molecule has 5 heteroatoms. The van der Waals surface area contributed by atoms with Crippen LogP contribution in [0, 0.1) is 0 Å². The molecule has 5 rings (SSSR count). The fourth-order valence-corrected chi connectivity index (χ4v) is 4.40. The second-order valence-electron chi connectivity index (χ2n) is 8.83. The predicted octanol–water partition coefficient (Wildman–Crippen LogP) is 5.81. The van der Waals surface area contributed by atoms with Crippen LogP contribution in [0.25, 0.3) is 22.2 Å². The molecule has 0 radical (unpaired) electrons. The lowest BCUT2D eigenvalue weighted by Gasteiger charge is -2.22. The van der Waals surface area contributed by atoms with E-state index in [1.165, 1.54) is 4.90 Å². The van der Waals surface area contributed by atoms with E-state index in [1.807, 2.05) is 103 Å². The summed E-state index contributed by atoms with van der Waals surface area (Å²) in [6, 6.07) is 37.1. The number of fused-ring (bicyclic) bond motifs is 1.